The van der Waals surface area contributed by atoms with Crippen LogP contribution in [-0.4, -0.2) is 19.4 Å². The van der Waals surface area contributed by atoms with Crippen molar-refractivity contribution in [3.63, 3.8) is 0 Å². The van der Waals surface area contributed by atoms with Gasteiger partial charge in [0.25, 0.3) is 0 Å². The van der Waals surface area contributed by atoms with Crippen molar-refractivity contribution in [3.05, 3.63) is 0 Å². The molecule has 0 bridgehead atoms. The largest absolute Gasteiger partial charge is 0.330 e. The van der Waals surface area contributed by atoms with Crippen molar-refractivity contribution in [1.29, 1.82) is 0 Å². The lowest BCUT2D eigenvalue weighted by Crippen LogP contribution is -2.07. The standard InChI is InChI=1S/C11H25O3P/c1-5-8-9-11(4)10-15(12,13-6-2)14-7-3/h11H,5-10H2,1-4H3. The van der Waals surface area contributed by atoms with E-state index in [1.165, 1.54) is 12.8 Å². The number of hydrogen-bond donors (Lipinski definition) is 0. The van der Waals surface area contributed by atoms with Crippen LogP contribution in [0.25, 0.3) is 0 Å². The average Bonchev–Trinajstić information content (AvgIpc) is 2.15. The van der Waals surface area contributed by atoms with Gasteiger partial charge in [0.1, 0.15) is 0 Å². The lowest BCUT2D eigenvalue weighted by molar-refractivity contribution is 0.216. The Morgan fingerprint density at radius 2 is 1.67 bits per heavy atom. The summed E-state index contributed by atoms with van der Waals surface area (Å²) in [5.74, 6) is 0.411. The van der Waals surface area contributed by atoms with Gasteiger partial charge in [-0.25, -0.2) is 0 Å². The fourth-order valence-corrected chi connectivity index (χ4v) is 3.58. The van der Waals surface area contributed by atoms with Crippen molar-refractivity contribution in [2.24, 2.45) is 5.92 Å². The molecule has 0 aliphatic rings. The minimum atomic E-state index is -2.82. The highest BCUT2D eigenvalue weighted by Gasteiger charge is 2.25. The zero-order chi connectivity index (χ0) is 11.7. The molecule has 1 atom stereocenters. The van der Waals surface area contributed by atoms with E-state index < -0.39 is 7.60 Å². The molecule has 0 aromatic carbocycles. The van der Waals surface area contributed by atoms with Gasteiger partial charge in [0, 0.05) is 0 Å². The average molecular weight is 236 g/mol. The Bertz CT molecular complexity index is 184. The predicted molar refractivity (Wildman–Crippen MR) is 64.4 cm³/mol. The third-order valence-corrected chi connectivity index (χ3v) is 4.61. The Balaban J connectivity index is 4.08. The predicted octanol–water partition coefficient (Wildman–Crippen LogP) is 4.08. The summed E-state index contributed by atoms with van der Waals surface area (Å²) in [4.78, 5) is 0. The Kier molecular flexibility index (Phi) is 8.40. The van der Waals surface area contributed by atoms with E-state index in [1.54, 1.807) is 0 Å². The number of rotatable bonds is 9. The van der Waals surface area contributed by atoms with E-state index in [-0.39, 0.29) is 0 Å². The molecule has 92 valence electrons. The van der Waals surface area contributed by atoms with Gasteiger partial charge in [-0.1, -0.05) is 33.1 Å². The second kappa shape index (κ2) is 8.32. The van der Waals surface area contributed by atoms with Crippen LogP contribution < -0.4 is 0 Å². The molecule has 0 rings (SSSR count). The summed E-state index contributed by atoms with van der Waals surface area (Å²) in [6.07, 6.45) is 4.01. The van der Waals surface area contributed by atoms with E-state index in [0.717, 1.165) is 6.42 Å². The van der Waals surface area contributed by atoms with Crippen LogP contribution in [0.1, 0.15) is 47.0 Å². The number of unbranched alkanes of at least 4 members (excludes halogenated alkanes) is 1. The molecular formula is C11H25O3P. The Morgan fingerprint density at radius 1 is 1.13 bits per heavy atom. The Hall–Kier alpha value is 0.150. The molecule has 0 aliphatic carbocycles. The van der Waals surface area contributed by atoms with Crippen LogP contribution in [0, 0.1) is 5.92 Å². The highest BCUT2D eigenvalue weighted by atomic mass is 31.2. The fraction of sp³-hybridized carbons (Fsp3) is 1.00. The van der Waals surface area contributed by atoms with Gasteiger partial charge in [-0.2, -0.15) is 0 Å². The minimum Gasteiger partial charge on any atom is -0.309 e. The van der Waals surface area contributed by atoms with E-state index in [4.69, 9.17) is 9.05 Å². The van der Waals surface area contributed by atoms with E-state index >= 15 is 0 Å². The molecule has 3 nitrogen and oxygen atoms in total. The summed E-state index contributed by atoms with van der Waals surface area (Å²) in [5.41, 5.74) is 0. The van der Waals surface area contributed by atoms with Crippen LogP contribution in [0.5, 0.6) is 0 Å². The van der Waals surface area contributed by atoms with Crippen LogP contribution in [0.3, 0.4) is 0 Å². The molecule has 0 spiro atoms. The van der Waals surface area contributed by atoms with Crippen molar-refractivity contribution in [2.45, 2.75) is 47.0 Å². The Labute approximate surface area is 94.1 Å². The van der Waals surface area contributed by atoms with E-state index in [1.807, 2.05) is 13.8 Å². The molecule has 0 aliphatic heterocycles. The summed E-state index contributed by atoms with van der Waals surface area (Å²) in [7, 11) is -2.82. The molecule has 4 heteroatoms. The van der Waals surface area contributed by atoms with Crippen LogP contribution >= 0.6 is 7.60 Å². The SMILES string of the molecule is CCCCC(C)CP(=O)(OCC)OCC. The smallest absolute Gasteiger partial charge is 0.309 e. The third-order valence-electron chi connectivity index (χ3n) is 2.24. The van der Waals surface area contributed by atoms with E-state index in [0.29, 0.717) is 25.3 Å². The maximum Gasteiger partial charge on any atom is 0.330 e. The van der Waals surface area contributed by atoms with Crippen LogP contribution in [-0.2, 0) is 13.6 Å². The fourth-order valence-electron chi connectivity index (χ4n) is 1.56. The molecular weight excluding hydrogens is 211 g/mol. The Morgan fingerprint density at radius 3 is 2.07 bits per heavy atom. The van der Waals surface area contributed by atoms with Gasteiger partial charge in [0.05, 0.1) is 19.4 Å². The van der Waals surface area contributed by atoms with Gasteiger partial charge in [0.15, 0.2) is 0 Å². The quantitative estimate of drug-likeness (QED) is 0.566. The highest BCUT2D eigenvalue weighted by molar-refractivity contribution is 7.53. The van der Waals surface area contributed by atoms with Crippen molar-refractivity contribution in [3.8, 4) is 0 Å². The summed E-state index contributed by atoms with van der Waals surface area (Å²) in [6.45, 7) is 8.89. The van der Waals surface area contributed by atoms with Crippen LogP contribution in [0.15, 0.2) is 0 Å². The molecule has 0 aromatic heterocycles. The van der Waals surface area contributed by atoms with Gasteiger partial charge in [-0.05, 0) is 19.8 Å². The topological polar surface area (TPSA) is 35.5 Å². The first-order valence-electron chi connectivity index (χ1n) is 5.96. The van der Waals surface area contributed by atoms with Gasteiger partial charge in [-0.15, -0.1) is 0 Å². The summed E-state index contributed by atoms with van der Waals surface area (Å²) in [6, 6.07) is 0. The van der Waals surface area contributed by atoms with Crippen molar-refractivity contribution in [2.75, 3.05) is 19.4 Å². The molecule has 0 radical (unpaired) electrons. The zero-order valence-electron chi connectivity index (χ0n) is 10.5. The second-order valence-electron chi connectivity index (χ2n) is 3.88. The molecule has 0 saturated carbocycles. The van der Waals surface area contributed by atoms with E-state index in [2.05, 4.69) is 13.8 Å². The molecule has 0 aromatic rings. The first kappa shape index (κ1) is 15.2. The summed E-state index contributed by atoms with van der Waals surface area (Å²) < 4.78 is 22.6. The number of hydrogen-bond acceptors (Lipinski definition) is 3. The summed E-state index contributed by atoms with van der Waals surface area (Å²) >= 11 is 0. The van der Waals surface area contributed by atoms with Crippen molar-refractivity contribution in [1.82, 2.24) is 0 Å². The maximum absolute atomic E-state index is 12.1. The maximum atomic E-state index is 12.1. The minimum absolute atomic E-state index is 0.411. The van der Waals surface area contributed by atoms with Gasteiger partial charge < -0.3 is 9.05 Å². The first-order chi connectivity index (χ1) is 7.08. The molecule has 0 saturated heterocycles. The molecule has 0 heterocycles. The third kappa shape index (κ3) is 7.10. The molecule has 0 amide bonds. The van der Waals surface area contributed by atoms with Crippen LogP contribution in [0.4, 0.5) is 0 Å². The summed E-state index contributed by atoms with van der Waals surface area (Å²) in [5, 5.41) is 0. The van der Waals surface area contributed by atoms with Gasteiger partial charge in [-0.3, -0.25) is 4.57 Å². The first-order valence-corrected chi connectivity index (χ1v) is 7.68. The molecule has 1 unspecified atom stereocenters. The zero-order valence-corrected chi connectivity index (χ0v) is 11.4. The van der Waals surface area contributed by atoms with Gasteiger partial charge >= 0.3 is 7.60 Å². The normalized spacial score (nSPS) is 14.1. The van der Waals surface area contributed by atoms with Crippen molar-refractivity contribution < 1.29 is 13.6 Å². The lowest BCUT2D eigenvalue weighted by Gasteiger charge is -2.20. The van der Waals surface area contributed by atoms with Crippen LogP contribution in [0.2, 0.25) is 0 Å². The van der Waals surface area contributed by atoms with Gasteiger partial charge in [0.2, 0.25) is 0 Å². The molecule has 0 N–H and O–H groups in total. The van der Waals surface area contributed by atoms with Crippen molar-refractivity contribution >= 4 is 7.60 Å². The monoisotopic (exact) mass is 236 g/mol. The van der Waals surface area contributed by atoms with E-state index in [9.17, 15) is 4.57 Å². The molecule has 0 fully saturated rings. The highest BCUT2D eigenvalue weighted by Crippen LogP contribution is 2.50. The molecule has 15 heavy (non-hydrogen) atoms. The second-order valence-corrected chi connectivity index (χ2v) is 5.98. The lowest BCUT2D eigenvalue weighted by atomic mass is 10.1.